The molecule has 9 heteroatoms. The molecule has 0 unspecified atom stereocenters. The molecule has 0 saturated carbocycles. The normalized spacial score (nSPS) is 12.4. The Kier molecular flexibility index (Phi) is 4.59. The Morgan fingerprint density at radius 3 is 2.37 bits per heavy atom. The number of ether oxygens (including phenoxy) is 1. The van der Waals surface area contributed by atoms with Crippen LogP contribution in [-0.2, 0) is 9.84 Å². The van der Waals surface area contributed by atoms with E-state index in [1.165, 1.54) is 19.1 Å². The summed E-state index contributed by atoms with van der Waals surface area (Å²) in [4.78, 5) is 4.00. The first kappa shape index (κ1) is 19.1. The third kappa shape index (κ3) is 3.87. The van der Waals surface area contributed by atoms with Gasteiger partial charge >= 0.3 is 6.36 Å². The molecule has 4 nitrogen and oxygen atoms in total. The fraction of sp³-hybridized carbons (Fsp3) is 0.167. The Labute approximate surface area is 152 Å². The van der Waals surface area contributed by atoms with E-state index in [0.717, 1.165) is 24.5 Å². The van der Waals surface area contributed by atoms with Crippen LogP contribution in [0.3, 0.4) is 0 Å². The molecule has 0 bridgehead atoms. The molecule has 27 heavy (non-hydrogen) atoms. The van der Waals surface area contributed by atoms with Gasteiger partial charge in [-0.1, -0.05) is 12.1 Å². The lowest BCUT2D eigenvalue weighted by atomic mass is 10.0. The van der Waals surface area contributed by atoms with Gasteiger partial charge in [-0.2, -0.15) is 0 Å². The van der Waals surface area contributed by atoms with Crippen molar-refractivity contribution in [1.29, 1.82) is 0 Å². The Morgan fingerprint density at radius 2 is 1.74 bits per heavy atom. The Morgan fingerprint density at radius 1 is 1.07 bits per heavy atom. The summed E-state index contributed by atoms with van der Waals surface area (Å²) in [7, 11) is -3.82. The molecule has 0 saturated heterocycles. The van der Waals surface area contributed by atoms with Crippen molar-refractivity contribution in [3.63, 3.8) is 0 Å². The second-order valence-corrected chi connectivity index (χ2v) is 7.88. The van der Waals surface area contributed by atoms with Crippen LogP contribution in [0.5, 0.6) is 5.75 Å². The van der Waals surface area contributed by atoms with E-state index in [0.29, 0.717) is 0 Å². The number of pyridine rings is 1. The van der Waals surface area contributed by atoms with Crippen LogP contribution in [0.4, 0.5) is 17.6 Å². The van der Waals surface area contributed by atoms with Gasteiger partial charge in [-0.3, -0.25) is 0 Å². The monoisotopic (exact) mass is 399 g/mol. The van der Waals surface area contributed by atoms with E-state index in [2.05, 4.69) is 9.72 Å². The molecule has 0 spiro atoms. The molecule has 0 fully saturated rings. The van der Waals surface area contributed by atoms with E-state index >= 15 is 0 Å². The van der Waals surface area contributed by atoms with Crippen LogP contribution >= 0.6 is 0 Å². The number of fused-ring (bicyclic) bond motifs is 1. The van der Waals surface area contributed by atoms with Gasteiger partial charge in [-0.05, 0) is 37.3 Å². The minimum absolute atomic E-state index is 0.0164. The molecule has 1 heterocycles. The molecule has 0 amide bonds. The predicted molar refractivity (Wildman–Crippen MR) is 91.7 cm³/mol. The molecule has 142 valence electrons. The number of benzene rings is 2. The summed E-state index contributed by atoms with van der Waals surface area (Å²) in [6, 6.07) is 9.04. The molecular weight excluding hydrogens is 386 g/mol. The standard InChI is InChI=1S/C18H13F4NO3S/c1-10-16(19)12-5-3-4-6-14(12)23-17(10)13-9-11(26-18(20,21)22)7-8-15(13)27(2,24)25/h3-9H,1-2H3. The zero-order valence-corrected chi connectivity index (χ0v) is 15.0. The lowest BCUT2D eigenvalue weighted by Gasteiger charge is -2.15. The number of para-hydroxylation sites is 1. The van der Waals surface area contributed by atoms with Crippen LogP contribution in [0.25, 0.3) is 22.2 Å². The van der Waals surface area contributed by atoms with Crippen molar-refractivity contribution < 1.29 is 30.7 Å². The van der Waals surface area contributed by atoms with Crippen molar-refractivity contribution in [2.45, 2.75) is 18.2 Å². The summed E-state index contributed by atoms with van der Waals surface area (Å²) >= 11 is 0. The quantitative estimate of drug-likeness (QED) is 0.602. The fourth-order valence-corrected chi connectivity index (χ4v) is 3.61. The van der Waals surface area contributed by atoms with Crippen molar-refractivity contribution in [3.8, 4) is 17.0 Å². The SMILES string of the molecule is Cc1c(-c2cc(OC(F)(F)F)ccc2S(C)(=O)=O)nc2ccccc2c1F. The summed E-state index contributed by atoms with van der Waals surface area (Å²) in [6.45, 7) is 1.38. The summed E-state index contributed by atoms with van der Waals surface area (Å²) in [5, 5.41) is 0.224. The van der Waals surface area contributed by atoms with Gasteiger partial charge in [0.1, 0.15) is 11.6 Å². The molecule has 1 aromatic heterocycles. The fourth-order valence-electron chi connectivity index (χ4n) is 2.74. The zero-order valence-electron chi connectivity index (χ0n) is 14.1. The highest BCUT2D eigenvalue weighted by atomic mass is 32.2. The second kappa shape index (κ2) is 6.49. The number of hydrogen-bond donors (Lipinski definition) is 0. The third-order valence-corrected chi connectivity index (χ3v) is 5.05. The van der Waals surface area contributed by atoms with E-state index in [4.69, 9.17) is 0 Å². The molecule has 0 aliphatic heterocycles. The van der Waals surface area contributed by atoms with Gasteiger partial charge in [0.05, 0.1) is 16.1 Å². The molecule has 0 radical (unpaired) electrons. The molecule has 3 rings (SSSR count). The molecule has 3 aromatic rings. The zero-order chi connectivity index (χ0) is 20.0. The Bertz CT molecular complexity index is 1140. The van der Waals surface area contributed by atoms with E-state index in [9.17, 15) is 26.0 Å². The van der Waals surface area contributed by atoms with Crippen molar-refractivity contribution in [1.82, 2.24) is 4.98 Å². The van der Waals surface area contributed by atoms with Gasteiger partial charge in [0, 0.05) is 22.8 Å². The summed E-state index contributed by atoms with van der Waals surface area (Å²) in [5.74, 6) is -1.25. The first-order valence-electron chi connectivity index (χ1n) is 7.62. The first-order chi connectivity index (χ1) is 12.5. The van der Waals surface area contributed by atoms with Crippen LogP contribution in [-0.4, -0.2) is 26.0 Å². The summed E-state index contributed by atoms with van der Waals surface area (Å²) < 4.78 is 80.5. The number of rotatable bonds is 3. The number of alkyl halides is 3. The van der Waals surface area contributed by atoms with Crippen molar-refractivity contribution in [2.24, 2.45) is 0 Å². The molecule has 0 N–H and O–H groups in total. The lowest BCUT2D eigenvalue weighted by Crippen LogP contribution is -2.17. The lowest BCUT2D eigenvalue weighted by molar-refractivity contribution is -0.274. The van der Waals surface area contributed by atoms with Gasteiger partial charge < -0.3 is 4.74 Å². The smallest absolute Gasteiger partial charge is 0.406 e. The van der Waals surface area contributed by atoms with Crippen molar-refractivity contribution >= 4 is 20.7 Å². The number of halogens is 4. The van der Waals surface area contributed by atoms with E-state index in [1.54, 1.807) is 12.1 Å². The van der Waals surface area contributed by atoms with Gasteiger partial charge in [0.2, 0.25) is 0 Å². The van der Waals surface area contributed by atoms with Gasteiger partial charge in [0.15, 0.2) is 9.84 Å². The van der Waals surface area contributed by atoms with Crippen molar-refractivity contribution in [3.05, 3.63) is 53.8 Å². The second-order valence-electron chi connectivity index (χ2n) is 5.89. The van der Waals surface area contributed by atoms with Gasteiger partial charge in [-0.25, -0.2) is 17.8 Å². The van der Waals surface area contributed by atoms with E-state index in [1.807, 2.05) is 0 Å². The van der Waals surface area contributed by atoms with Crippen LogP contribution in [0, 0.1) is 12.7 Å². The minimum atomic E-state index is -4.96. The Hall–Kier alpha value is -2.68. The maximum atomic E-state index is 14.7. The van der Waals surface area contributed by atoms with Crippen LogP contribution < -0.4 is 4.74 Å². The molecular formula is C18H13F4NO3S. The number of hydrogen-bond acceptors (Lipinski definition) is 4. The van der Waals surface area contributed by atoms with Crippen LogP contribution in [0.1, 0.15) is 5.56 Å². The van der Waals surface area contributed by atoms with Crippen LogP contribution in [0.15, 0.2) is 47.4 Å². The molecule has 0 atom stereocenters. The largest absolute Gasteiger partial charge is 0.573 e. The summed E-state index contributed by atoms with van der Waals surface area (Å²) in [6.07, 6.45) is -4.05. The topological polar surface area (TPSA) is 56.3 Å². The molecule has 0 aliphatic carbocycles. The van der Waals surface area contributed by atoms with Gasteiger partial charge in [-0.15, -0.1) is 13.2 Å². The third-order valence-electron chi connectivity index (χ3n) is 3.90. The Balaban J connectivity index is 2.33. The highest BCUT2D eigenvalue weighted by Gasteiger charge is 2.32. The van der Waals surface area contributed by atoms with Gasteiger partial charge in [0.25, 0.3) is 0 Å². The van der Waals surface area contributed by atoms with Crippen LogP contribution in [0.2, 0.25) is 0 Å². The molecule has 2 aromatic carbocycles. The highest BCUT2D eigenvalue weighted by Crippen LogP contribution is 2.36. The molecule has 0 aliphatic rings. The average Bonchev–Trinajstić information content (AvgIpc) is 2.55. The van der Waals surface area contributed by atoms with E-state index in [-0.39, 0.29) is 32.6 Å². The predicted octanol–water partition coefficient (Wildman–Crippen LogP) is 4.65. The van der Waals surface area contributed by atoms with E-state index < -0.39 is 27.8 Å². The number of sulfone groups is 1. The van der Waals surface area contributed by atoms with Crippen molar-refractivity contribution in [2.75, 3.05) is 6.26 Å². The first-order valence-corrected chi connectivity index (χ1v) is 9.51. The summed E-state index contributed by atoms with van der Waals surface area (Å²) in [5.41, 5.74) is 0.0283. The maximum Gasteiger partial charge on any atom is 0.573 e. The maximum absolute atomic E-state index is 14.7. The number of aromatic nitrogens is 1. The number of nitrogens with zero attached hydrogens (tertiary/aromatic N) is 1. The highest BCUT2D eigenvalue weighted by molar-refractivity contribution is 7.90. The average molecular weight is 399 g/mol. The minimum Gasteiger partial charge on any atom is -0.406 e.